The van der Waals surface area contributed by atoms with Crippen LogP contribution in [0.4, 0.5) is 4.39 Å². The van der Waals surface area contributed by atoms with E-state index >= 15 is 0 Å². The van der Waals surface area contributed by atoms with Gasteiger partial charge in [0.25, 0.3) is 0 Å². The predicted octanol–water partition coefficient (Wildman–Crippen LogP) is 2.77. The smallest absolute Gasteiger partial charge is 0.115 e. The summed E-state index contributed by atoms with van der Waals surface area (Å²) in [6, 6.07) is 5.81. The van der Waals surface area contributed by atoms with Crippen molar-refractivity contribution in [2.45, 2.75) is 20.5 Å². The minimum atomic E-state index is -0.349. The monoisotopic (exact) mass is 138 g/mol. The molecule has 1 aromatic rings. The van der Waals surface area contributed by atoms with E-state index in [0.717, 1.165) is 16.7 Å². The van der Waals surface area contributed by atoms with Crippen molar-refractivity contribution in [2.24, 2.45) is 0 Å². The van der Waals surface area contributed by atoms with Crippen LogP contribution in [-0.2, 0) is 6.67 Å². The van der Waals surface area contributed by atoms with Crippen molar-refractivity contribution in [1.82, 2.24) is 0 Å². The van der Waals surface area contributed by atoms with Crippen LogP contribution in [0.1, 0.15) is 16.7 Å². The molecule has 0 atom stereocenters. The number of aryl methyl sites for hydroxylation is 2. The molecule has 0 spiro atoms. The van der Waals surface area contributed by atoms with Gasteiger partial charge in [-0.2, -0.15) is 0 Å². The standard InChI is InChI=1S/C9H11F/c1-7-4-3-5-8(2)9(7)6-10/h3-5H,6H2,1-2H3. The highest BCUT2D eigenvalue weighted by molar-refractivity contribution is 5.32. The van der Waals surface area contributed by atoms with Crippen molar-refractivity contribution in [3.8, 4) is 0 Å². The molecule has 0 saturated heterocycles. The zero-order valence-corrected chi connectivity index (χ0v) is 6.32. The molecule has 0 fully saturated rings. The van der Waals surface area contributed by atoms with Gasteiger partial charge in [0.15, 0.2) is 0 Å². The van der Waals surface area contributed by atoms with Crippen LogP contribution in [0.2, 0.25) is 0 Å². The SMILES string of the molecule is Cc1cccc(C)c1CF. The van der Waals surface area contributed by atoms with Gasteiger partial charge < -0.3 is 0 Å². The van der Waals surface area contributed by atoms with Crippen molar-refractivity contribution in [1.29, 1.82) is 0 Å². The molecule has 0 aliphatic rings. The maximum Gasteiger partial charge on any atom is 0.115 e. The lowest BCUT2D eigenvalue weighted by atomic mass is 10.0. The molecular weight excluding hydrogens is 127 g/mol. The minimum absolute atomic E-state index is 0.349. The molecule has 0 aliphatic carbocycles. The van der Waals surface area contributed by atoms with Gasteiger partial charge in [-0.3, -0.25) is 0 Å². The number of alkyl halides is 1. The van der Waals surface area contributed by atoms with E-state index in [9.17, 15) is 4.39 Å². The first kappa shape index (κ1) is 7.26. The van der Waals surface area contributed by atoms with Crippen molar-refractivity contribution < 1.29 is 4.39 Å². The Bertz CT molecular complexity index is 208. The highest BCUT2D eigenvalue weighted by atomic mass is 19.1. The molecule has 54 valence electrons. The number of hydrogen-bond acceptors (Lipinski definition) is 0. The Morgan fingerprint density at radius 2 is 1.70 bits per heavy atom. The topological polar surface area (TPSA) is 0 Å². The Hall–Kier alpha value is -0.850. The van der Waals surface area contributed by atoms with Crippen molar-refractivity contribution >= 4 is 0 Å². The Morgan fingerprint density at radius 1 is 1.20 bits per heavy atom. The summed E-state index contributed by atoms with van der Waals surface area (Å²) in [5.74, 6) is 0. The molecule has 0 heterocycles. The fourth-order valence-corrected chi connectivity index (χ4v) is 1.06. The number of benzene rings is 1. The van der Waals surface area contributed by atoms with Gasteiger partial charge in [-0.15, -0.1) is 0 Å². The molecule has 0 amide bonds. The Morgan fingerprint density at radius 3 is 2.00 bits per heavy atom. The highest BCUT2D eigenvalue weighted by Crippen LogP contribution is 2.13. The lowest BCUT2D eigenvalue weighted by molar-refractivity contribution is 0.482. The maximum atomic E-state index is 12.2. The van der Waals surface area contributed by atoms with Gasteiger partial charge in [0.2, 0.25) is 0 Å². The summed E-state index contributed by atoms with van der Waals surface area (Å²) in [6.07, 6.45) is 0. The molecule has 0 aromatic heterocycles. The number of rotatable bonds is 1. The first-order valence-electron chi connectivity index (χ1n) is 3.36. The normalized spacial score (nSPS) is 9.90. The van der Waals surface area contributed by atoms with E-state index in [-0.39, 0.29) is 6.67 Å². The Kier molecular flexibility index (Phi) is 2.05. The number of halogens is 1. The lowest BCUT2D eigenvalue weighted by Gasteiger charge is -2.03. The Balaban J connectivity index is 3.17. The van der Waals surface area contributed by atoms with Gasteiger partial charge in [-0.05, 0) is 30.5 Å². The quantitative estimate of drug-likeness (QED) is 0.559. The Labute approximate surface area is 60.7 Å². The third-order valence-electron chi connectivity index (χ3n) is 1.78. The second-order valence-corrected chi connectivity index (χ2v) is 2.50. The molecule has 0 saturated carbocycles. The van der Waals surface area contributed by atoms with E-state index in [2.05, 4.69) is 0 Å². The fourth-order valence-electron chi connectivity index (χ4n) is 1.06. The van der Waals surface area contributed by atoms with E-state index in [4.69, 9.17) is 0 Å². The van der Waals surface area contributed by atoms with Crippen LogP contribution in [0.3, 0.4) is 0 Å². The minimum Gasteiger partial charge on any atom is -0.246 e. The molecule has 1 aromatic carbocycles. The molecule has 1 heteroatoms. The van der Waals surface area contributed by atoms with Crippen LogP contribution in [0, 0.1) is 13.8 Å². The van der Waals surface area contributed by atoms with Crippen molar-refractivity contribution in [3.63, 3.8) is 0 Å². The summed E-state index contributed by atoms with van der Waals surface area (Å²) < 4.78 is 12.2. The van der Waals surface area contributed by atoms with E-state index in [1.54, 1.807) is 0 Å². The molecule has 1 rings (SSSR count). The van der Waals surface area contributed by atoms with Crippen LogP contribution in [0.5, 0.6) is 0 Å². The molecule has 10 heavy (non-hydrogen) atoms. The van der Waals surface area contributed by atoms with Crippen molar-refractivity contribution in [2.75, 3.05) is 0 Å². The van der Waals surface area contributed by atoms with Crippen LogP contribution >= 0.6 is 0 Å². The summed E-state index contributed by atoms with van der Waals surface area (Å²) >= 11 is 0. The highest BCUT2D eigenvalue weighted by Gasteiger charge is 1.98. The van der Waals surface area contributed by atoms with Crippen LogP contribution in [0.15, 0.2) is 18.2 Å². The summed E-state index contributed by atoms with van der Waals surface area (Å²) in [7, 11) is 0. The first-order valence-corrected chi connectivity index (χ1v) is 3.36. The molecule has 0 N–H and O–H groups in total. The average Bonchev–Trinajstić information content (AvgIpc) is 1.88. The van der Waals surface area contributed by atoms with E-state index < -0.39 is 0 Å². The zero-order chi connectivity index (χ0) is 7.56. The van der Waals surface area contributed by atoms with Gasteiger partial charge in [-0.1, -0.05) is 18.2 Å². The zero-order valence-electron chi connectivity index (χ0n) is 6.32. The van der Waals surface area contributed by atoms with Crippen LogP contribution in [0.25, 0.3) is 0 Å². The van der Waals surface area contributed by atoms with Crippen LogP contribution < -0.4 is 0 Å². The molecular formula is C9H11F. The average molecular weight is 138 g/mol. The summed E-state index contributed by atoms with van der Waals surface area (Å²) in [4.78, 5) is 0. The van der Waals surface area contributed by atoms with Gasteiger partial charge in [0.1, 0.15) is 6.67 Å². The molecule has 0 radical (unpaired) electrons. The van der Waals surface area contributed by atoms with Crippen molar-refractivity contribution in [3.05, 3.63) is 34.9 Å². The molecule has 0 nitrogen and oxygen atoms in total. The second-order valence-electron chi connectivity index (χ2n) is 2.50. The maximum absolute atomic E-state index is 12.2. The van der Waals surface area contributed by atoms with Gasteiger partial charge in [0, 0.05) is 0 Å². The largest absolute Gasteiger partial charge is 0.246 e. The third kappa shape index (κ3) is 1.18. The first-order chi connectivity index (χ1) is 4.75. The molecule has 0 aliphatic heterocycles. The van der Waals surface area contributed by atoms with Gasteiger partial charge >= 0.3 is 0 Å². The van der Waals surface area contributed by atoms with Crippen LogP contribution in [-0.4, -0.2) is 0 Å². The van der Waals surface area contributed by atoms with Gasteiger partial charge in [0.05, 0.1) is 0 Å². The fraction of sp³-hybridized carbons (Fsp3) is 0.333. The summed E-state index contributed by atoms with van der Waals surface area (Å²) in [6.45, 7) is 3.52. The van der Waals surface area contributed by atoms with Gasteiger partial charge in [-0.25, -0.2) is 4.39 Å². The van der Waals surface area contributed by atoms with E-state index in [0.29, 0.717) is 0 Å². The molecule has 0 bridgehead atoms. The summed E-state index contributed by atoms with van der Waals surface area (Å²) in [5.41, 5.74) is 2.92. The second kappa shape index (κ2) is 2.82. The van der Waals surface area contributed by atoms with E-state index in [1.165, 1.54) is 0 Å². The predicted molar refractivity (Wildman–Crippen MR) is 40.7 cm³/mol. The molecule has 0 unspecified atom stereocenters. The summed E-state index contributed by atoms with van der Waals surface area (Å²) in [5, 5.41) is 0. The number of hydrogen-bond donors (Lipinski definition) is 0. The third-order valence-corrected chi connectivity index (χ3v) is 1.78. The lowest BCUT2D eigenvalue weighted by Crippen LogP contribution is -1.88. The van der Waals surface area contributed by atoms with E-state index in [1.807, 2.05) is 32.0 Å².